The van der Waals surface area contributed by atoms with Crippen molar-refractivity contribution in [3.05, 3.63) is 139 Å². The van der Waals surface area contributed by atoms with Crippen molar-refractivity contribution in [1.82, 2.24) is 0 Å². The molecule has 9 rings (SSSR count). The van der Waals surface area contributed by atoms with Crippen LogP contribution in [0.3, 0.4) is 0 Å². The van der Waals surface area contributed by atoms with Crippen LogP contribution in [0.1, 0.15) is 25.0 Å². The lowest BCUT2D eigenvalue weighted by atomic mass is 9.73. The fraction of sp³-hybridized carbons (Fsp3) is 0.0769. The van der Waals surface area contributed by atoms with Gasteiger partial charge < -0.3 is 4.90 Å². The third-order valence-electron chi connectivity index (χ3n) is 9.06. The smallest absolute Gasteiger partial charge is 0.0502 e. The summed E-state index contributed by atoms with van der Waals surface area (Å²) >= 11 is 3.84. The first-order valence-electron chi connectivity index (χ1n) is 14.4. The molecule has 42 heavy (non-hydrogen) atoms. The van der Waals surface area contributed by atoms with E-state index in [0.717, 1.165) is 0 Å². The van der Waals surface area contributed by atoms with E-state index in [2.05, 4.69) is 146 Å². The van der Waals surface area contributed by atoms with Crippen LogP contribution in [-0.2, 0) is 5.41 Å². The number of hydrogen-bond donors (Lipinski definition) is 0. The number of fused-ring (bicyclic) bond motifs is 9. The Bertz CT molecular complexity index is 2300. The van der Waals surface area contributed by atoms with E-state index in [9.17, 15) is 0 Å². The monoisotopic (exact) mass is 573 g/mol. The predicted octanol–water partition coefficient (Wildman–Crippen LogP) is 12.2. The van der Waals surface area contributed by atoms with Gasteiger partial charge >= 0.3 is 0 Å². The minimum absolute atomic E-state index is 0.0683. The molecule has 0 amide bonds. The highest BCUT2D eigenvalue weighted by Gasteiger charge is 2.36. The number of hydrogen-bond acceptors (Lipinski definition) is 3. The molecule has 3 heteroatoms. The third-order valence-corrected chi connectivity index (χ3v) is 11.5. The Hall–Kier alpha value is -4.44. The maximum absolute atomic E-state index is 2.45. The SMILES string of the molecule is CC1(C)c2ccccc2N(c2cccc(-c3cccc4c3sc3c4ccc4sc5ccccc5c43)c2)c2ccccc21. The molecule has 1 aliphatic heterocycles. The molecule has 0 fully saturated rings. The third kappa shape index (κ3) is 3.29. The zero-order valence-electron chi connectivity index (χ0n) is 23.4. The standard InChI is InChI=1S/C39H27NS2/c1-39(2)30-16-4-6-18-32(30)40(33-19-7-5-17-31(33)39)25-12-9-11-24(23-25)26-14-10-15-27-28-21-22-35-36(38(28)42-37(26)27)29-13-3-8-20-34(29)41-35/h3-23H,1-2H3. The average Bonchev–Trinajstić information content (AvgIpc) is 3.60. The maximum atomic E-state index is 2.45. The molecule has 0 saturated heterocycles. The summed E-state index contributed by atoms with van der Waals surface area (Å²) in [6, 6.07) is 47.1. The molecule has 0 aliphatic carbocycles. The first-order chi connectivity index (χ1) is 20.6. The average molecular weight is 574 g/mol. The largest absolute Gasteiger partial charge is 0.310 e. The van der Waals surface area contributed by atoms with E-state index in [1.807, 2.05) is 22.7 Å². The summed E-state index contributed by atoms with van der Waals surface area (Å²) in [5.41, 5.74) is 8.88. The Kier molecular flexibility index (Phi) is 5.06. The topological polar surface area (TPSA) is 3.24 Å². The molecule has 2 aromatic heterocycles. The van der Waals surface area contributed by atoms with Gasteiger partial charge in [0.25, 0.3) is 0 Å². The van der Waals surface area contributed by atoms with Gasteiger partial charge in [-0.25, -0.2) is 0 Å². The van der Waals surface area contributed by atoms with Crippen LogP contribution in [-0.4, -0.2) is 0 Å². The fourth-order valence-electron chi connectivity index (χ4n) is 7.05. The number of nitrogens with zero attached hydrogens (tertiary/aromatic N) is 1. The Morgan fingerprint density at radius 3 is 2.00 bits per heavy atom. The van der Waals surface area contributed by atoms with Gasteiger partial charge in [0, 0.05) is 51.4 Å². The van der Waals surface area contributed by atoms with Gasteiger partial charge in [-0.05, 0) is 58.7 Å². The molecule has 0 spiro atoms. The van der Waals surface area contributed by atoms with Gasteiger partial charge in [-0.2, -0.15) is 0 Å². The number of benzene rings is 6. The normalized spacial score (nSPS) is 14.1. The number of anilines is 3. The Morgan fingerprint density at radius 1 is 0.524 bits per heavy atom. The summed E-state index contributed by atoms with van der Waals surface area (Å²) in [6.45, 7) is 4.68. The Balaban J connectivity index is 1.27. The van der Waals surface area contributed by atoms with Crippen LogP contribution < -0.4 is 4.90 Å². The van der Waals surface area contributed by atoms with Gasteiger partial charge in [0.1, 0.15) is 0 Å². The Labute approximate surface area is 252 Å². The molecular weight excluding hydrogens is 547 g/mol. The minimum Gasteiger partial charge on any atom is -0.310 e. The second-order valence-electron chi connectivity index (χ2n) is 11.7. The van der Waals surface area contributed by atoms with Gasteiger partial charge in [0.05, 0.1) is 11.4 Å². The van der Waals surface area contributed by atoms with Gasteiger partial charge in [-0.3, -0.25) is 0 Å². The summed E-state index contributed by atoms with van der Waals surface area (Å²) in [5.74, 6) is 0. The lowest BCUT2D eigenvalue weighted by molar-refractivity contribution is 0.632. The lowest BCUT2D eigenvalue weighted by Gasteiger charge is -2.42. The van der Waals surface area contributed by atoms with E-state index >= 15 is 0 Å². The maximum Gasteiger partial charge on any atom is 0.0502 e. The zero-order chi connectivity index (χ0) is 28.0. The molecule has 0 unspecified atom stereocenters. The molecule has 0 N–H and O–H groups in total. The van der Waals surface area contributed by atoms with Gasteiger partial charge in [0.2, 0.25) is 0 Å². The van der Waals surface area contributed by atoms with Gasteiger partial charge in [0.15, 0.2) is 0 Å². The van der Waals surface area contributed by atoms with Crippen molar-refractivity contribution >= 4 is 80.1 Å². The molecule has 0 radical (unpaired) electrons. The highest BCUT2D eigenvalue weighted by Crippen LogP contribution is 2.52. The van der Waals surface area contributed by atoms with Crippen molar-refractivity contribution in [3.63, 3.8) is 0 Å². The van der Waals surface area contributed by atoms with Crippen molar-refractivity contribution in [3.8, 4) is 11.1 Å². The quantitative estimate of drug-likeness (QED) is 0.199. The van der Waals surface area contributed by atoms with Crippen LogP contribution >= 0.6 is 22.7 Å². The molecule has 3 heterocycles. The van der Waals surface area contributed by atoms with Crippen molar-refractivity contribution in [2.75, 3.05) is 4.90 Å². The van der Waals surface area contributed by atoms with Crippen molar-refractivity contribution in [2.24, 2.45) is 0 Å². The van der Waals surface area contributed by atoms with Crippen molar-refractivity contribution < 1.29 is 0 Å². The van der Waals surface area contributed by atoms with Crippen LogP contribution in [0.25, 0.3) is 51.5 Å². The Morgan fingerprint density at radius 2 is 1.19 bits per heavy atom. The molecule has 0 bridgehead atoms. The van der Waals surface area contributed by atoms with Crippen LogP contribution in [0, 0.1) is 0 Å². The first kappa shape index (κ1) is 24.2. The van der Waals surface area contributed by atoms with Crippen LogP contribution in [0.15, 0.2) is 127 Å². The number of para-hydroxylation sites is 2. The fourth-order valence-corrected chi connectivity index (χ4v) is 9.63. The second-order valence-corrected chi connectivity index (χ2v) is 13.8. The molecule has 0 atom stereocenters. The van der Waals surface area contributed by atoms with Crippen molar-refractivity contribution in [2.45, 2.75) is 19.3 Å². The molecule has 1 nitrogen and oxygen atoms in total. The summed E-state index contributed by atoms with van der Waals surface area (Å²) in [6.07, 6.45) is 0. The van der Waals surface area contributed by atoms with E-state index in [4.69, 9.17) is 0 Å². The summed E-state index contributed by atoms with van der Waals surface area (Å²) in [4.78, 5) is 2.45. The van der Waals surface area contributed by atoms with Gasteiger partial charge in [-0.15, -0.1) is 22.7 Å². The molecule has 0 saturated carbocycles. The minimum atomic E-state index is -0.0683. The predicted molar refractivity (Wildman–Crippen MR) is 184 cm³/mol. The molecule has 8 aromatic rings. The number of rotatable bonds is 2. The van der Waals surface area contributed by atoms with Crippen LogP contribution in [0.5, 0.6) is 0 Å². The highest BCUT2D eigenvalue weighted by molar-refractivity contribution is 7.30. The van der Waals surface area contributed by atoms with Crippen molar-refractivity contribution in [1.29, 1.82) is 0 Å². The van der Waals surface area contributed by atoms with Crippen LogP contribution in [0.4, 0.5) is 17.1 Å². The summed E-state index contributed by atoms with van der Waals surface area (Å²) in [5, 5.41) is 5.46. The van der Waals surface area contributed by atoms with E-state index in [1.54, 1.807) is 0 Å². The zero-order valence-corrected chi connectivity index (χ0v) is 25.0. The molecule has 6 aromatic carbocycles. The lowest BCUT2D eigenvalue weighted by Crippen LogP contribution is -2.30. The van der Waals surface area contributed by atoms with Crippen LogP contribution in [0.2, 0.25) is 0 Å². The van der Waals surface area contributed by atoms with E-state index in [1.165, 1.54) is 79.7 Å². The number of thiophene rings is 2. The molecular formula is C39H27NS2. The first-order valence-corrected chi connectivity index (χ1v) is 16.1. The van der Waals surface area contributed by atoms with E-state index in [-0.39, 0.29) is 5.41 Å². The second kappa shape index (κ2) is 8.78. The molecule has 200 valence electrons. The van der Waals surface area contributed by atoms with E-state index < -0.39 is 0 Å². The van der Waals surface area contributed by atoms with Gasteiger partial charge in [-0.1, -0.05) is 105 Å². The summed E-state index contributed by atoms with van der Waals surface area (Å²) in [7, 11) is 0. The molecule has 1 aliphatic rings. The van der Waals surface area contributed by atoms with E-state index in [0.29, 0.717) is 0 Å². The highest BCUT2D eigenvalue weighted by atomic mass is 32.1. The summed E-state index contributed by atoms with van der Waals surface area (Å²) < 4.78 is 5.47.